The molecule has 1 unspecified atom stereocenters. The van der Waals surface area contributed by atoms with E-state index in [1.807, 2.05) is 6.07 Å². The molecule has 3 heterocycles. The number of hydrogen-bond acceptors (Lipinski definition) is 6. The summed E-state index contributed by atoms with van der Waals surface area (Å²) >= 11 is 6.16. The van der Waals surface area contributed by atoms with Gasteiger partial charge in [-0.2, -0.15) is 0 Å². The number of methoxy groups -OCH3 is 1. The fraction of sp³-hybridized carbons (Fsp3) is 0.259. The van der Waals surface area contributed by atoms with Gasteiger partial charge in [0.2, 0.25) is 5.76 Å². The van der Waals surface area contributed by atoms with Gasteiger partial charge < -0.3 is 23.2 Å². The van der Waals surface area contributed by atoms with Crippen LogP contribution in [-0.4, -0.2) is 24.5 Å². The lowest BCUT2D eigenvalue weighted by molar-refractivity contribution is 0.0701. The van der Waals surface area contributed by atoms with Gasteiger partial charge in [-0.1, -0.05) is 31.5 Å². The van der Waals surface area contributed by atoms with Gasteiger partial charge in [0.15, 0.2) is 16.9 Å². The van der Waals surface area contributed by atoms with Crippen molar-refractivity contribution in [3.8, 4) is 11.5 Å². The number of carbonyl (C=O) groups is 1. The summed E-state index contributed by atoms with van der Waals surface area (Å²) in [5.74, 6) is 1.64. The maximum absolute atomic E-state index is 13.7. The minimum Gasteiger partial charge on any atom is -0.493 e. The van der Waals surface area contributed by atoms with Gasteiger partial charge in [0.1, 0.15) is 11.3 Å². The van der Waals surface area contributed by atoms with Crippen LogP contribution in [0, 0.1) is 5.92 Å². The predicted octanol–water partition coefficient (Wildman–Crippen LogP) is 5.83. The number of ether oxygens (including phenoxy) is 2. The first-order valence-electron chi connectivity index (χ1n) is 11.3. The first kappa shape index (κ1) is 23.1. The summed E-state index contributed by atoms with van der Waals surface area (Å²) in [4.78, 5) is 28.8. The predicted molar refractivity (Wildman–Crippen MR) is 131 cm³/mol. The second-order valence-corrected chi connectivity index (χ2v) is 9.28. The molecule has 8 heteroatoms. The highest BCUT2D eigenvalue weighted by molar-refractivity contribution is 6.31. The highest BCUT2D eigenvalue weighted by Crippen LogP contribution is 2.42. The molecule has 1 aliphatic heterocycles. The van der Waals surface area contributed by atoms with Crippen LogP contribution >= 0.6 is 11.6 Å². The molecule has 0 bridgehead atoms. The Morgan fingerprint density at radius 1 is 1.09 bits per heavy atom. The Hall–Kier alpha value is -3.71. The van der Waals surface area contributed by atoms with Crippen molar-refractivity contribution < 1.29 is 23.1 Å². The molecule has 2 aromatic heterocycles. The number of carbonyl (C=O) groups excluding carboxylic acids is 1. The van der Waals surface area contributed by atoms with E-state index in [-0.39, 0.29) is 23.3 Å². The van der Waals surface area contributed by atoms with E-state index >= 15 is 0 Å². The van der Waals surface area contributed by atoms with Crippen molar-refractivity contribution >= 4 is 28.5 Å². The molecule has 0 radical (unpaired) electrons. The average molecular weight is 494 g/mol. The van der Waals surface area contributed by atoms with E-state index in [4.69, 9.17) is 29.9 Å². The van der Waals surface area contributed by atoms with E-state index < -0.39 is 11.9 Å². The summed E-state index contributed by atoms with van der Waals surface area (Å²) in [6.07, 6.45) is 1.54. The second-order valence-electron chi connectivity index (χ2n) is 8.84. The Bertz CT molecular complexity index is 1460. The van der Waals surface area contributed by atoms with Gasteiger partial charge in [0, 0.05) is 5.02 Å². The van der Waals surface area contributed by atoms with Crippen LogP contribution in [0.3, 0.4) is 0 Å². The van der Waals surface area contributed by atoms with Crippen LogP contribution in [0.25, 0.3) is 11.0 Å². The van der Waals surface area contributed by atoms with E-state index in [9.17, 15) is 9.59 Å². The van der Waals surface area contributed by atoms with Crippen LogP contribution in [0.5, 0.6) is 11.5 Å². The van der Waals surface area contributed by atoms with Crippen LogP contribution in [0.15, 0.2) is 68.4 Å². The molecule has 0 aliphatic carbocycles. The van der Waals surface area contributed by atoms with E-state index in [0.717, 1.165) is 0 Å². The summed E-state index contributed by atoms with van der Waals surface area (Å²) in [5.41, 5.74) is 0.948. The zero-order valence-corrected chi connectivity index (χ0v) is 20.3. The first-order chi connectivity index (χ1) is 16.9. The minimum absolute atomic E-state index is 0.0143. The van der Waals surface area contributed by atoms with Crippen molar-refractivity contribution in [1.82, 2.24) is 4.90 Å². The zero-order valence-electron chi connectivity index (χ0n) is 19.5. The van der Waals surface area contributed by atoms with Gasteiger partial charge in [-0.05, 0) is 53.9 Å². The van der Waals surface area contributed by atoms with Gasteiger partial charge in [0.05, 0.1) is 43.5 Å². The Morgan fingerprint density at radius 3 is 2.63 bits per heavy atom. The summed E-state index contributed by atoms with van der Waals surface area (Å²) in [6.45, 7) is 4.81. The van der Waals surface area contributed by atoms with Gasteiger partial charge in [-0.3, -0.25) is 9.59 Å². The maximum atomic E-state index is 13.7. The summed E-state index contributed by atoms with van der Waals surface area (Å²) < 4.78 is 22.9. The molecule has 5 rings (SSSR count). The molecular weight excluding hydrogens is 470 g/mol. The van der Waals surface area contributed by atoms with Crippen LogP contribution in [0.1, 0.15) is 47.3 Å². The molecule has 35 heavy (non-hydrogen) atoms. The maximum Gasteiger partial charge on any atom is 0.291 e. The average Bonchev–Trinajstić information content (AvgIpc) is 3.45. The summed E-state index contributed by atoms with van der Waals surface area (Å²) in [6, 6.07) is 13.0. The molecule has 0 saturated carbocycles. The van der Waals surface area contributed by atoms with Crippen molar-refractivity contribution in [3.63, 3.8) is 0 Å². The lowest BCUT2D eigenvalue weighted by Crippen LogP contribution is -2.29. The lowest BCUT2D eigenvalue weighted by Gasteiger charge is -2.25. The largest absolute Gasteiger partial charge is 0.493 e. The molecule has 1 atom stereocenters. The van der Waals surface area contributed by atoms with Crippen LogP contribution in [0.2, 0.25) is 5.02 Å². The number of benzene rings is 2. The smallest absolute Gasteiger partial charge is 0.291 e. The lowest BCUT2D eigenvalue weighted by atomic mass is 9.98. The number of rotatable bonds is 7. The molecule has 180 valence electrons. The van der Waals surface area contributed by atoms with Crippen molar-refractivity contribution in [2.24, 2.45) is 5.92 Å². The second kappa shape index (κ2) is 9.15. The van der Waals surface area contributed by atoms with Crippen molar-refractivity contribution in [3.05, 3.63) is 92.7 Å². The van der Waals surface area contributed by atoms with Crippen LogP contribution in [0.4, 0.5) is 0 Å². The monoisotopic (exact) mass is 493 g/mol. The van der Waals surface area contributed by atoms with Crippen molar-refractivity contribution in [2.45, 2.75) is 26.4 Å². The molecule has 1 amide bonds. The summed E-state index contributed by atoms with van der Waals surface area (Å²) in [5, 5.41) is 0.726. The summed E-state index contributed by atoms with van der Waals surface area (Å²) in [7, 11) is 1.56. The normalized spacial score (nSPS) is 15.2. The van der Waals surface area contributed by atoms with E-state index in [1.165, 1.54) is 0 Å². The third-order valence-electron chi connectivity index (χ3n) is 5.91. The molecular formula is C27H24ClNO6. The Kier molecular flexibility index (Phi) is 6.03. The molecule has 2 aromatic carbocycles. The molecule has 4 aromatic rings. The third kappa shape index (κ3) is 4.17. The number of hydrogen-bond donors (Lipinski definition) is 0. The highest BCUT2D eigenvalue weighted by atomic mass is 35.5. The molecule has 0 fully saturated rings. The molecule has 1 aliphatic rings. The van der Waals surface area contributed by atoms with Gasteiger partial charge >= 0.3 is 0 Å². The molecule has 0 N–H and O–H groups in total. The zero-order chi connectivity index (χ0) is 24.7. The Labute approximate surface area is 206 Å². The van der Waals surface area contributed by atoms with Crippen molar-refractivity contribution in [1.29, 1.82) is 0 Å². The van der Waals surface area contributed by atoms with Gasteiger partial charge in [0.25, 0.3) is 5.91 Å². The van der Waals surface area contributed by atoms with Crippen LogP contribution in [-0.2, 0) is 6.54 Å². The minimum atomic E-state index is -0.713. The van der Waals surface area contributed by atoms with Crippen molar-refractivity contribution in [2.75, 3.05) is 13.7 Å². The SMILES string of the molecule is COc1cc(C2c3c(oc4ccc(Cl)cc4c3=O)C(=O)N2Cc2ccco2)ccc1OCC(C)C. The third-order valence-corrected chi connectivity index (χ3v) is 6.14. The quantitative estimate of drug-likeness (QED) is 0.322. The molecule has 0 saturated heterocycles. The van der Waals surface area contributed by atoms with E-state index in [1.54, 1.807) is 60.7 Å². The van der Waals surface area contributed by atoms with Crippen LogP contribution < -0.4 is 14.9 Å². The Morgan fingerprint density at radius 2 is 1.91 bits per heavy atom. The number of nitrogens with zero attached hydrogens (tertiary/aromatic N) is 1. The molecule has 0 spiro atoms. The number of halogens is 1. The van der Waals surface area contributed by atoms with Gasteiger partial charge in [-0.15, -0.1) is 0 Å². The number of fused-ring (bicyclic) bond motifs is 2. The van der Waals surface area contributed by atoms with E-state index in [2.05, 4.69) is 13.8 Å². The number of amides is 1. The Balaban J connectivity index is 1.67. The van der Waals surface area contributed by atoms with E-state index in [0.29, 0.717) is 51.3 Å². The highest BCUT2D eigenvalue weighted by Gasteiger charge is 2.43. The standard InChI is InChI=1S/C27H24ClNO6/c1-15(2)14-34-21-8-6-16(11-22(21)32-3)24-23-25(30)19-12-17(28)7-9-20(19)35-26(23)27(31)29(24)13-18-5-4-10-33-18/h4-12,15,24H,13-14H2,1-3H3. The fourth-order valence-electron chi connectivity index (χ4n) is 4.30. The fourth-order valence-corrected chi connectivity index (χ4v) is 4.47. The number of furan rings is 1. The first-order valence-corrected chi connectivity index (χ1v) is 11.7. The van der Waals surface area contributed by atoms with Gasteiger partial charge in [-0.25, -0.2) is 0 Å². The molecule has 7 nitrogen and oxygen atoms in total. The topological polar surface area (TPSA) is 82.1 Å².